The number of likely N-dealkylation sites (tertiary alicyclic amines) is 1. The lowest BCUT2D eigenvalue weighted by molar-refractivity contribution is -0.870. The van der Waals surface area contributed by atoms with E-state index in [0.29, 0.717) is 6.10 Å². The Kier molecular flexibility index (Phi) is 3.82. The molecule has 1 saturated heterocycles. The highest BCUT2D eigenvalue weighted by atomic mass is 16.5. The number of ether oxygens (including phenoxy) is 1. The van der Waals surface area contributed by atoms with Crippen LogP contribution in [0.15, 0.2) is 12.3 Å². The molecular formula is C15H23N3O. The maximum atomic E-state index is 5.43. The van der Waals surface area contributed by atoms with Crippen LogP contribution in [0.3, 0.4) is 0 Å². The van der Waals surface area contributed by atoms with Crippen LogP contribution >= 0.6 is 0 Å². The van der Waals surface area contributed by atoms with Crippen LogP contribution in [0, 0.1) is 7.05 Å². The van der Waals surface area contributed by atoms with Gasteiger partial charge >= 0.3 is 0 Å². The van der Waals surface area contributed by atoms with E-state index in [4.69, 9.17) is 4.74 Å². The van der Waals surface area contributed by atoms with Gasteiger partial charge in [0, 0.05) is 44.9 Å². The summed E-state index contributed by atoms with van der Waals surface area (Å²) in [5, 5.41) is 0. The predicted molar refractivity (Wildman–Crippen MR) is 73.5 cm³/mol. The molecule has 1 unspecified atom stereocenters. The van der Waals surface area contributed by atoms with E-state index < -0.39 is 0 Å². The molecule has 1 aromatic heterocycles. The molecule has 104 valence electrons. The minimum atomic E-state index is 0.402. The van der Waals surface area contributed by atoms with Crippen LogP contribution in [-0.4, -0.2) is 42.7 Å². The molecule has 1 fully saturated rings. The number of nitrogens with zero attached hydrogens (tertiary/aromatic N) is 2. The van der Waals surface area contributed by atoms with Crippen molar-refractivity contribution in [2.45, 2.75) is 32.0 Å². The summed E-state index contributed by atoms with van der Waals surface area (Å²) in [6.07, 6.45) is 4.61. The molecule has 1 aromatic rings. The zero-order chi connectivity index (χ0) is 13.2. The minimum Gasteiger partial charge on any atom is -0.464 e. The average Bonchev–Trinajstić information content (AvgIpc) is 2.86. The van der Waals surface area contributed by atoms with Gasteiger partial charge in [0.05, 0.1) is 24.9 Å². The zero-order valence-corrected chi connectivity index (χ0v) is 11.7. The molecule has 19 heavy (non-hydrogen) atoms. The van der Waals surface area contributed by atoms with Crippen molar-refractivity contribution in [3.63, 3.8) is 0 Å². The van der Waals surface area contributed by atoms with Crippen LogP contribution in [0.5, 0.6) is 0 Å². The third-order valence-corrected chi connectivity index (χ3v) is 4.35. The topological polar surface area (TPSA) is 29.8 Å². The third-order valence-electron chi connectivity index (χ3n) is 4.35. The largest absolute Gasteiger partial charge is 0.464 e. The van der Waals surface area contributed by atoms with Gasteiger partial charge in [0.2, 0.25) is 0 Å². The molecule has 4 nitrogen and oxygen atoms in total. The number of hydrogen-bond donors (Lipinski definition) is 1. The van der Waals surface area contributed by atoms with Gasteiger partial charge in [-0.3, -0.25) is 9.88 Å². The van der Waals surface area contributed by atoms with Gasteiger partial charge in [0.25, 0.3) is 0 Å². The molecule has 0 bridgehead atoms. The van der Waals surface area contributed by atoms with Crippen molar-refractivity contribution in [3.05, 3.63) is 36.1 Å². The Labute approximate surface area is 115 Å². The molecule has 3 heterocycles. The predicted octanol–water partition coefficient (Wildman–Crippen LogP) is 0.0349. The standard InChI is InChI=1S/C15H23N3O/c1-17-7-5-14-12(9-17)3-6-16-15(14)11-18-8-4-13(10-18)19-2/h3,6,13,17H,1,4-5,7-11H2,2H3/t13-/m0/s1. The Balaban J connectivity index is 1.73. The number of nitrogens with one attached hydrogen (secondary N) is 1. The van der Waals surface area contributed by atoms with Gasteiger partial charge < -0.3 is 9.64 Å². The first kappa shape index (κ1) is 13.0. The number of aromatic nitrogens is 1. The summed E-state index contributed by atoms with van der Waals surface area (Å²) in [5.41, 5.74) is 4.17. The highest BCUT2D eigenvalue weighted by molar-refractivity contribution is 5.31. The quantitative estimate of drug-likeness (QED) is 0.779. The van der Waals surface area contributed by atoms with Gasteiger partial charge in [-0.2, -0.15) is 7.05 Å². The van der Waals surface area contributed by atoms with E-state index in [2.05, 4.69) is 23.0 Å². The van der Waals surface area contributed by atoms with Gasteiger partial charge in [-0.25, -0.2) is 0 Å². The Morgan fingerprint density at radius 3 is 3.26 bits per heavy atom. The maximum Gasteiger partial charge on any atom is 0.0791 e. The smallest absolute Gasteiger partial charge is 0.0791 e. The zero-order valence-electron chi connectivity index (χ0n) is 11.7. The van der Waals surface area contributed by atoms with Crippen molar-refractivity contribution in [2.75, 3.05) is 26.7 Å². The molecule has 2 aliphatic heterocycles. The van der Waals surface area contributed by atoms with Crippen molar-refractivity contribution >= 4 is 0 Å². The molecule has 2 atom stereocenters. The van der Waals surface area contributed by atoms with Crippen molar-refractivity contribution in [2.24, 2.45) is 0 Å². The van der Waals surface area contributed by atoms with Crippen molar-refractivity contribution in [1.29, 1.82) is 0 Å². The van der Waals surface area contributed by atoms with Crippen LogP contribution in [0.2, 0.25) is 0 Å². The molecule has 4 heteroatoms. The first-order chi connectivity index (χ1) is 9.26. The van der Waals surface area contributed by atoms with Crippen molar-refractivity contribution in [1.82, 2.24) is 9.88 Å². The summed E-state index contributed by atoms with van der Waals surface area (Å²) in [4.78, 5) is 8.43. The fraction of sp³-hybridized carbons (Fsp3) is 0.600. The number of rotatable bonds is 3. The van der Waals surface area contributed by atoms with Gasteiger partial charge in [-0.1, -0.05) is 0 Å². The molecule has 0 radical (unpaired) electrons. The number of quaternary nitrogens is 1. The summed E-state index contributed by atoms with van der Waals surface area (Å²) in [6, 6.07) is 2.16. The highest BCUT2D eigenvalue weighted by Gasteiger charge is 2.24. The second kappa shape index (κ2) is 5.57. The van der Waals surface area contributed by atoms with Crippen molar-refractivity contribution in [3.8, 4) is 0 Å². The molecule has 3 rings (SSSR count). The first-order valence-electron chi connectivity index (χ1n) is 7.13. The number of hydrogen-bond acceptors (Lipinski definition) is 3. The van der Waals surface area contributed by atoms with E-state index in [9.17, 15) is 0 Å². The Morgan fingerprint density at radius 2 is 2.47 bits per heavy atom. The summed E-state index contributed by atoms with van der Waals surface area (Å²) >= 11 is 0. The summed E-state index contributed by atoms with van der Waals surface area (Å²) in [6.45, 7) is 5.28. The van der Waals surface area contributed by atoms with Crippen LogP contribution in [0.4, 0.5) is 0 Å². The van der Waals surface area contributed by atoms with Crippen LogP contribution < -0.4 is 4.90 Å². The minimum absolute atomic E-state index is 0.402. The lowest BCUT2D eigenvalue weighted by Gasteiger charge is -2.29. The monoisotopic (exact) mass is 261 g/mol. The van der Waals surface area contributed by atoms with Gasteiger partial charge in [0.15, 0.2) is 0 Å². The summed E-state index contributed by atoms with van der Waals surface area (Å²) in [7, 11) is 5.93. The molecule has 0 aromatic carbocycles. The lowest BCUT2D eigenvalue weighted by Crippen LogP contribution is -3.06. The van der Waals surface area contributed by atoms with Crippen LogP contribution in [-0.2, 0) is 24.2 Å². The van der Waals surface area contributed by atoms with Gasteiger partial charge in [-0.15, -0.1) is 0 Å². The molecular weight excluding hydrogens is 238 g/mol. The fourth-order valence-corrected chi connectivity index (χ4v) is 3.19. The summed E-state index contributed by atoms with van der Waals surface area (Å²) in [5.74, 6) is 0. The van der Waals surface area contributed by atoms with E-state index in [1.54, 1.807) is 0 Å². The molecule has 0 amide bonds. The molecule has 0 spiro atoms. The second-order valence-corrected chi connectivity index (χ2v) is 5.70. The van der Waals surface area contributed by atoms with Crippen molar-refractivity contribution < 1.29 is 9.64 Å². The Hall–Kier alpha value is -0.970. The SMILES string of the molecule is [CH2-][NH+]1CCc2c(ccnc2CN2CC[C@H](OC)C2)C1. The average molecular weight is 261 g/mol. The van der Waals surface area contributed by atoms with E-state index in [1.807, 2.05) is 13.3 Å². The van der Waals surface area contributed by atoms with E-state index in [0.717, 1.165) is 45.6 Å². The lowest BCUT2D eigenvalue weighted by atomic mass is 9.99. The third kappa shape index (κ3) is 2.81. The van der Waals surface area contributed by atoms with Gasteiger partial charge in [0.1, 0.15) is 0 Å². The van der Waals surface area contributed by atoms with E-state index in [-0.39, 0.29) is 0 Å². The van der Waals surface area contributed by atoms with E-state index in [1.165, 1.54) is 21.7 Å². The Morgan fingerprint density at radius 1 is 1.58 bits per heavy atom. The molecule has 2 aliphatic rings. The summed E-state index contributed by atoms with van der Waals surface area (Å²) < 4.78 is 5.43. The van der Waals surface area contributed by atoms with Crippen LogP contribution in [0.25, 0.3) is 0 Å². The number of fused-ring (bicyclic) bond motifs is 1. The Bertz CT molecular complexity index is 449. The van der Waals surface area contributed by atoms with Crippen LogP contribution in [0.1, 0.15) is 23.2 Å². The molecule has 0 aliphatic carbocycles. The fourth-order valence-electron chi connectivity index (χ4n) is 3.19. The highest BCUT2D eigenvalue weighted by Crippen LogP contribution is 2.19. The maximum absolute atomic E-state index is 5.43. The number of methoxy groups -OCH3 is 1. The second-order valence-electron chi connectivity index (χ2n) is 5.70. The normalized spacial score (nSPS) is 27.5. The van der Waals surface area contributed by atoms with E-state index >= 15 is 0 Å². The number of pyridine rings is 1. The first-order valence-corrected chi connectivity index (χ1v) is 7.13. The molecule has 1 N–H and O–H groups in total. The molecule has 0 saturated carbocycles. The van der Waals surface area contributed by atoms with Gasteiger partial charge in [-0.05, 0) is 18.1 Å².